The number of nitrogens with zero attached hydrogens (tertiary/aromatic N) is 4. The lowest BCUT2D eigenvalue weighted by Gasteiger charge is -2.12. The van der Waals surface area contributed by atoms with Crippen molar-refractivity contribution in [1.29, 1.82) is 0 Å². The van der Waals surface area contributed by atoms with E-state index in [2.05, 4.69) is 32.3 Å². The number of aromatic nitrogens is 4. The Labute approximate surface area is 173 Å². The van der Waals surface area contributed by atoms with Gasteiger partial charge in [0.15, 0.2) is 0 Å². The van der Waals surface area contributed by atoms with Crippen LogP contribution in [-0.4, -0.2) is 25.0 Å². The summed E-state index contributed by atoms with van der Waals surface area (Å²) in [6.07, 6.45) is 8.24. The minimum Gasteiger partial charge on any atom is -0.366 e. The highest BCUT2D eigenvalue weighted by Gasteiger charge is 2.15. The third-order valence-electron chi connectivity index (χ3n) is 5.08. The number of amides is 1. The van der Waals surface area contributed by atoms with Crippen molar-refractivity contribution in [1.82, 2.24) is 19.1 Å². The van der Waals surface area contributed by atoms with Crippen LogP contribution in [0.4, 0.5) is 0 Å². The molecule has 0 aliphatic heterocycles. The summed E-state index contributed by atoms with van der Waals surface area (Å²) in [7, 11) is 0. The molecule has 3 aromatic heterocycles. The van der Waals surface area contributed by atoms with Crippen LogP contribution in [0.25, 0.3) is 22.4 Å². The van der Waals surface area contributed by atoms with Gasteiger partial charge in [-0.15, -0.1) is 0 Å². The Hall–Kier alpha value is -4.19. The quantitative estimate of drug-likeness (QED) is 0.492. The molecule has 2 aromatic carbocycles. The van der Waals surface area contributed by atoms with Gasteiger partial charge in [0, 0.05) is 48.1 Å². The van der Waals surface area contributed by atoms with Gasteiger partial charge >= 0.3 is 0 Å². The lowest BCUT2D eigenvalue weighted by atomic mass is 10.2. The number of carbonyl (C=O) groups is 1. The summed E-state index contributed by atoms with van der Waals surface area (Å²) in [6, 6.07) is 21.6. The molecule has 0 fully saturated rings. The van der Waals surface area contributed by atoms with Crippen molar-refractivity contribution in [3.8, 4) is 11.4 Å². The fourth-order valence-corrected chi connectivity index (χ4v) is 3.67. The predicted molar refractivity (Wildman–Crippen MR) is 116 cm³/mol. The van der Waals surface area contributed by atoms with Crippen LogP contribution in [-0.2, 0) is 6.42 Å². The van der Waals surface area contributed by atoms with E-state index < -0.39 is 5.91 Å². The number of imidazole rings is 1. The van der Waals surface area contributed by atoms with E-state index in [0.29, 0.717) is 12.0 Å². The Morgan fingerprint density at radius 1 is 0.933 bits per heavy atom. The minimum absolute atomic E-state index is 0.446. The summed E-state index contributed by atoms with van der Waals surface area (Å²) in [4.78, 5) is 20.7. The van der Waals surface area contributed by atoms with E-state index in [1.165, 1.54) is 0 Å². The largest absolute Gasteiger partial charge is 0.366 e. The highest BCUT2D eigenvalue weighted by Crippen LogP contribution is 2.26. The van der Waals surface area contributed by atoms with Crippen LogP contribution in [0.5, 0.6) is 0 Å². The van der Waals surface area contributed by atoms with Gasteiger partial charge in [0.1, 0.15) is 5.82 Å². The molecule has 1 amide bonds. The lowest BCUT2D eigenvalue weighted by Crippen LogP contribution is -2.10. The van der Waals surface area contributed by atoms with Crippen molar-refractivity contribution in [2.75, 3.05) is 0 Å². The summed E-state index contributed by atoms with van der Waals surface area (Å²) < 4.78 is 4.19. The number of fused-ring (bicyclic) bond motifs is 1. The van der Waals surface area contributed by atoms with Crippen LogP contribution in [0, 0.1) is 0 Å². The molecule has 146 valence electrons. The number of nitrogens with two attached hydrogens (primary N) is 1. The lowest BCUT2D eigenvalue weighted by molar-refractivity contribution is 0.100. The maximum atomic E-state index is 11.7. The van der Waals surface area contributed by atoms with Gasteiger partial charge in [0.05, 0.1) is 11.0 Å². The van der Waals surface area contributed by atoms with Gasteiger partial charge in [-0.3, -0.25) is 14.3 Å². The van der Waals surface area contributed by atoms with Gasteiger partial charge < -0.3 is 10.3 Å². The molecule has 0 saturated heterocycles. The van der Waals surface area contributed by atoms with Gasteiger partial charge in [0.25, 0.3) is 0 Å². The number of pyridine rings is 1. The summed E-state index contributed by atoms with van der Waals surface area (Å²) >= 11 is 0. The number of primary amides is 1. The molecular weight excluding hydrogens is 374 g/mol. The molecule has 6 nitrogen and oxygen atoms in total. The van der Waals surface area contributed by atoms with Crippen molar-refractivity contribution < 1.29 is 4.79 Å². The van der Waals surface area contributed by atoms with Crippen molar-refractivity contribution >= 4 is 16.9 Å². The van der Waals surface area contributed by atoms with Crippen LogP contribution in [0.15, 0.2) is 91.5 Å². The average Bonchev–Trinajstić information content (AvgIpc) is 3.42. The number of benzene rings is 2. The van der Waals surface area contributed by atoms with Gasteiger partial charge in [0.2, 0.25) is 5.91 Å². The maximum Gasteiger partial charge on any atom is 0.248 e. The summed E-state index contributed by atoms with van der Waals surface area (Å²) in [6.45, 7) is 0. The molecule has 0 unspecified atom stereocenters. The van der Waals surface area contributed by atoms with Crippen molar-refractivity contribution in [3.63, 3.8) is 0 Å². The predicted octanol–water partition coefficient (Wildman–Crippen LogP) is 3.90. The van der Waals surface area contributed by atoms with Gasteiger partial charge in [-0.25, -0.2) is 4.98 Å². The molecule has 5 aromatic rings. The molecule has 0 aliphatic carbocycles. The first-order chi connectivity index (χ1) is 14.7. The molecule has 0 spiro atoms. The molecule has 0 radical (unpaired) electrons. The van der Waals surface area contributed by atoms with Crippen LogP contribution in [0.2, 0.25) is 0 Å². The Bertz CT molecular complexity index is 1340. The summed E-state index contributed by atoms with van der Waals surface area (Å²) in [5, 5.41) is 0. The highest BCUT2D eigenvalue weighted by molar-refractivity contribution is 5.96. The Morgan fingerprint density at radius 3 is 2.53 bits per heavy atom. The molecule has 3 heterocycles. The van der Waals surface area contributed by atoms with E-state index in [1.807, 2.05) is 55.0 Å². The summed E-state index contributed by atoms with van der Waals surface area (Å²) in [5.74, 6) is 0.402. The monoisotopic (exact) mass is 393 g/mol. The first-order valence-electron chi connectivity index (χ1n) is 9.63. The molecule has 0 atom stereocenters. The first kappa shape index (κ1) is 17.9. The van der Waals surface area contributed by atoms with Crippen LogP contribution < -0.4 is 5.73 Å². The van der Waals surface area contributed by atoms with Crippen LogP contribution in [0.3, 0.4) is 0 Å². The number of hydrogen-bond acceptors (Lipinski definition) is 3. The van der Waals surface area contributed by atoms with Crippen molar-refractivity contribution in [2.24, 2.45) is 5.73 Å². The van der Waals surface area contributed by atoms with Crippen LogP contribution >= 0.6 is 0 Å². The Morgan fingerprint density at radius 2 is 1.77 bits per heavy atom. The standard InChI is InChI=1S/C24H19N5O/c25-24(30)18-8-9-22-21(14-18)27-23(13-17-5-4-10-26-16-17)29(22)20-7-3-6-19(15-20)28-11-1-2-12-28/h1-12,14-16H,13H2,(H2,25,30). The van der Waals surface area contributed by atoms with E-state index in [0.717, 1.165) is 33.8 Å². The van der Waals surface area contributed by atoms with E-state index in [1.54, 1.807) is 18.3 Å². The number of hydrogen-bond donors (Lipinski definition) is 1. The molecule has 30 heavy (non-hydrogen) atoms. The second kappa shape index (κ2) is 7.33. The summed E-state index contributed by atoms with van der Waals surface area (Å²) in [5.41, 5.74) is 10.7. The molecule has 2 N–H and O–H groups in total. The number of carbonyl (C=O) groups excluding carboxylic acids is 1. The molecule has 5 rings (SSSR count). The van der Waals surface area contributed by atoms with Gasteiger partial charge in [-0.05, 0) is 60.2 Å². The third-order valence-corrected chi connectivity index (χ3v) is 5.08. The van der Waals surface area contributed by atoms with Crippen molar-refractivity contribution in [2.45, 2.75) is 6.42 Å². The fourth-order valence-electron chi connectivity index (χ4n) is 3.67. The Balaban J connectivity index is 1.70. The van der Waals surface area contributed by atoms with Crippen LogP contribution in [0.1, 0.15) is 21.7 Å². The third kappa shape index (κ3) is 3.24. The van der Waals surface area contributed by atoms with E-state index >= 15 is 0 Å². The zero-order chi connectivity index (χ0) is 20.5. The molecule has 6 heteroatoms. The van der Waals surface area contributed by atoms with E-state index in [9.17, 15) is 4.79 Å². The molecule has 0 aliphatic rings. The SMILES string of the molecule is NC(=O)c1ccc2c(c1)nc(Cc1cccnc1)n2-c1cccc(-n2cccc2)c1. The van der Waals surface area contributed by atoms with E-state index in [4.69, 9.17) is 10.7 Å². The number of rotatable bonds is 5. The maximum absolute atomic E-state index is 11.7. The molecular formula is C24H19N5O. The first-order valence-corrected chi connectivity index (χ1v) is 9.63. The zero-order valence-corrected chi connectivity index (χ0v) is 16.1. The zero-order valence-electron chi connectivity index (χ0n) is 16.1. The minimum atomic E-state index is -0.463. The molecule has 0 bridgehead atoms. The fraction of sp³-hybridized carbons (Fsp3) is 0.0417. The molecule has 0 saturated carbocycles. The average molecular weight is 393 g/mol. The van der Waals surface area contributed by atoms with Crippen molar-refractivity contribution in [3.05, 3.63) is 108 Å². The smallest absolute Gasteiger partial charge is 0.248 e. The van der Waals surface area contributed by atoms with Gasteiger partial charge in [-0.2, -0.15) is 0 Å². The normalized spacial score (nSPS) is 11.1. The van der Waals surface area contributed by atoms with E-state index in [-0.39, 0.29) is 0 Å². The van der Waals surface area contributed by atoms with Gasteiger partial charge in [-0.1, -0.05) is 12.1 Å². The Kier molecular flexibility index (Phi) is 4.37. The highest BCUT2D eigenvalue weighted by atomic mass is 16.1. The topological polar surface area (TPSA) is 78.7 Å². The second-order valence-corrected chi connectivity index (χ2v) is 7.08. The second-order valence-electron chi connectivity index (χ2n) is 7.08.